The molecule has 0 fully saturated rings. The first kappa shape index (κ1) is 43.1. The molecule has 0 spiro atoms. The van der Waals surface area contributed by atoms with Crippen molar-refractivity contribution < 1.29 is 53.2 Å². The fraction of sp³-hybridized carbons (Fsp3) is 0.750. The molecule has 8 N–H and O–H groups in total. The zero-order valence-corrected chi connectivity index (χ0v) is 27.9. The number of nitrogens with zero attached hydrogens (tertiary/aromatic N) is 2. The molecule has 0 saturated carbocycles. The molecule has 0 aromatic heterocycles. The molecular weight excluding hydrogens is 624 g/mol. The summed E-state index contributed by atoms with van der Waals surface area (Å²) in [6.07, 6.45) is -1.66. The number of ether oxygens (including phenoxy) is 2. The second kappa shape index (κ2) is 25.2. The standard InChI is InChI=1S/C28H52N8O11/c1-6-19(3)10-31-21(38)11-29-8-9-30-23(40)15-35(17-27(44)46-4)26(43)14-34-22(39)12-32-24(41)16-36(18-28(45)47-5)25(42)13-33-20(37)7-2/h19,24-25,29,32,41-42H,6-18H2,1-5H3,(H,30,40)(H,31,38)(H,33,37)(H,34,39). The predicted molar refractivity (Wildman–Crippen MR) is 167 cm³/mol. The van der Waals surface area contributed by atoms with Crippen molar-refractivity contribution in [2.45, 2.75) is 46.1 Å². The van der Waals surface area contributed by atoms with Gasteiger partial charge in [-0.25, -0.2) is 0 Å². The van der Waals surface area contributed by atoms with Crippen LogP contribution in [0, 0.1) is 5.92 Å². The van der Waals surface area contributed by atoms with Crippen molar-refractivity contribution in [3.63, 3.8) is 0 Å². The lowest BCUT2D eigenvalue weighted by Crippen LogP contribution is -2.52. The summed E-state index contributed by atoms with van der Waals surface area (Å²) in [5, 5.41) is 36.2. The molecule has 5 amide bonds. The van der Waals surface area contributed by atoms with Crippen molar-refractivity contribution in [2.75, 3.05) is 86.2 Å². The second-order valence-corrected chi connectivity index (χ2v) is 10.5. The van der Waals surface area contributed by atoms with Gasteiger partial charge >= 0.3 is 11.9 Å². The van der Waals surface area contributed by atoms with Crippen LogP contribution in [-0.4, -0.2) is 160 Å². The van der Waals surface area contributed by atoms with Crippen LogP contribution in [0.1, 0.15) is 33.6 Å². The predicted octanol–water partition coefficient (Wildman–Crippen LogP) is -4.80. The molecule has 0 bridgehead atoms. The van der Waals surface area contributed by atoms with Crippen LogP contribution in [0.2, 0.25) is 0 Å². The first-order valence-electron chi connectivity index (χ1n) is 15.3. The zero-order valence-electron chi connectivity index (χ0n) is 27.9. The molecule has 3 atom stereocenters. The monoisotopic (exact) mass is 676 g/mol. The van der Waals surface area contributed by atoms with E-state index in [0.29, 0.717) is 12.5 Å². The van der Waals surface area contributed by atoms with E-state index >= 15 is 0 Å². The first-order valence-corrected chi connectivity index (χ1v) is 15.3. The third-order valence-corrected chi connectivity index (χ3v) is 6.62. The van der Waals surface area contributed by atoms with E-state index in [-0.39, 0.29) is 51.0 Å². The van der Waals surface area contributed by atoms with Gasteiger partial charge in [0.15, 0.2) is 0 Å². The zero-order chi connectivity index (χ0) is 35.8. The molecule has 0 radical (unpaired) electrons. The molecule has 19 nitrogen and oxygen atoms in total. The molecule has 3 unspecified atom stereocenters. The van der Waals surface area contributed by atoms with Gasteiger partial charge in [-0.1, -0.05) is 27.2 Å². The van der Waals surface area contributed by atoms with Crippen LogP contribution in [0.25, 0.3) is 0 Å². The van der Waals surface area contributed by atoms with E-state index in [1.165, 1.54) is 0 Å². The Bertz CT molecular complexity index is 1020. The lowest BCUT2D eigenvalue weighted by atomic mass is 10.1. The maximum Gasteiger partial charge on any atom is 0.325 e. The lowest BCUT2D eigenvalue weighted by Gasteiger charge is -2.29. The van der Waals surface area contributed by atoms with Gasteiger partial charge in [-0.2, -0.15) is 0 Å². The van der Waals surface area contributed by atoms with E-state index in [9.17, 15) is 43.8 Å². The summed E-state index contributed by atoms with van der Waals surface area (Å²) in [6, 6.07) is 0. The molecule has 0 heterocycles. The maximum atomic E-state index is 12.7. The molecule has 0 aromatic carbocycles. The average molecular weight is 677 g/mol. The normalized spacial score (nSPS) is 12.7. The van der Waals surface area contributed by atoms with Gasteiger partial charge in [0, 0.05) is 32.6 Å². The number of hydrogen-bond donors (Lipinski definition) is 8. The van der Waals surface area contributed by atoms with Crippen molar-refractivity contribution in [1.29, 1.82) is 0 Å². The third-order valence-electron chi connectivity index (χ3n) is 6.62. The van der Waals surface area contributed by atoms with Gasteiger partial charge < -0.3 is 51.2 Å². The molecular formula is C28H52N8O11. The minimum atomic E-state index is -1.43. The topological polar surface area (TPSA) is 257 Å². The molecule has 270 valence electrons. The molecule has 0 aliphatic rings. The number of amides is 5. The van der Waals surface area contributed by atoms with Crippen molar-refractivity contribution in [3.05, 3.63) is 0 Å². The van der Waals surface area contributed by atoms with E-state index < -0.39 is 74.8 Å². The number of nitrogens with one attached hydrogen (secondary N) is 6. The summed E-state index contributed by atoms with van der Waals surface area (Å²) in [5.41, 5.74) is 0. The van der Waals surface area contributed by atoms with Gasteiger partial charge in [0.25, 0.3) is 0 Å². The van der Waals surface area contributed by atoms with Gasteiger partial charge in [-0.3, -0.25) is 43.8 Å². The molecule has 0 aliphatic carbocycles. The minimum Gasteiger partial charge on any atom is -0.468 e. The summed E-state index contributed by atoms with van der Waals surface area (Å²) in [4.78, 5) is 86.3. The molecule has 0 aromatic rings. The second-order valence-electron chi connectivity index (χ2n) is 10.5. The van der Waals surface area contributed by atoms with Gasteiger partial charge in [-0.05, 0) is 5.92 Å². The number of aliphatic hydroxyl groups excluding tert-OH is 2. The van der Waals surface area contributed by atoms with Crippen molar-refractivity contribution in [1.82, 2.24) is 41.7 Å². The number of methoxy groups -OCH3 is 2. The van der Waals surface area contributed by atoms with Crippen molar-refractivity contribution in [2.24, 2.45) is 5.92 Å². The third kappa shape index (κ3) is 21.5. The SMILES string of the molecule is CCC(=O)NCC(O)N(CC(=O)OC)CC(O)NCC(=O)NCC(=O)N(CC(=O)NCCNCC(=O)NCC(C)CC)CC(=O)OC. The van der Waals surface area contributed by atoms with Crippen LogP contribution >= 0.6 is 0 Å². The van der Waals surface area contributed by atoms with Crippen LogP contribution in [-0.2, 0) is 43.0 Å². The number of carbonyl (C=O) groups excluding carboxylic acids is 7. The summed E-state index contributed by atoms with van der Waals surface area (Å²) in [5.74, 6) is -3.73. The summed E-state index contributed by atoms with van der Waals surface area (Å²) >= 11 is 0. The van der Waals surface area contributed by atoms with Gasteiger partial charge in [-0.15, -0.1) is 0 Å². The first-order chi connectivity index (χ1) is 22.3. The Hall–Kier alpha value is -3.91. The smallest absolute Gasteiger partial charge is 0.325 e. The average Bonchev–Trinajstić information content (AvgIpc) is 3.05. The minimum absolute atomic E-state index is 0.0667. The number of rotatable bonds is 25. The highest BCUT2D eigenvalue weighted by Gasteiger charge is 2.24. The maximum absolute atomic E-state index is 12.7. The largest absolute Gasteiger partial charge is 0.468 e. The van der Waals surface area contributed by atoms with Crippen molar-refractivity contribution >= 4 is 41.5 Å². The fourth-order valence-corrected chi connectivity index (χ4v) is 3.50. The van der Waals surface area contributed by atoms with E-state index in [4.69, 9.17) is 0 Å². The molecule has 0 rings (SSSR count). The van der Waals surface area contributed by atoms with Crippen LogP contribution < -0.4 is 31.9 Å². The Morgan fingerprint density at radius 3 is 1.94 bits per heavy atom. The quantitative estimate of drug-likeness (QED) is 0.0257. The number of esters is 2. The Kier molecular flexibility index (Phi) is 23.1. The number of carbonyl (C=O) groups is 7. The highest BCUT2D eigenvalue weighted by molar-refractivity contribution is 5.91. The van der Waals surface area contributed by atoms with Crippen LogP contribution in [0.4, 0.5) is 0 Å². The van der Waals surface area contributed by atoms with E-state index in [1.807, 2.05) is 13.8 Å². The van der Waals surface area contributed by atoms with E-state index in [0.717, 1.165) is 30.4 Å². The molecule has 47 heavy (non-hydrogen) atoms. The summed E-state index contributed by atoms with van der Waals surface area (Å²) in [7, 11) is 2.25. The summed E-state index contributed by atoms with van der Waals surface area (Å²) in [6.45, 7) is 3.61. The van der Waals surface area contributed by atoms with Crippen molar-refractivity contribution in [3.8, 4) is 0 Å². The van der Waals surface area contributed by atoms with Crippen LogP contribution in [0.15, 0.2) is 0 Å². The Morgan fingerprint density at radius 1 is 0.702 bits per heavy atom. The Morgan fingerprint density at radius 2 is 1.32 bits per heavy atom. The Labute approximate surface area is 274 Å². The number of hydrogen-bond acceptors (Lipinski definition) is 14. The highest BCUT2D eigenvalue weighted by Crippen LogP contribution is 2.00. The lowest BCUT2D eigenvalue weighted by molar-refractivity contribution is -0.148. The molecule has 0 saturated heterocycles. The Balaban J connectivity index is 4.78. The summed E-state index contributed by atoms with van der Waals surface area (Å²) < 4.78 is 9.17. The van der Waals surface area contributed by atoms with Crippen LogP contribution in [0.3, 0.4) is 0 Å². The fourth-order valence-electron chi connectivity index (χ4n) is 3.50. The van der Waals surface area contributed by atoms with Gasteiger partial charge in [0.05, 0.1) is 46.9 Å². The molecule has 19 heteroatoms. The van der Waals surface area contributed by atoms with Crippen LogP contribution in [0.5, 0.6) is 0 Å². The van der Waals surface area contributed by atoms with Gasteiger partial charge in [0.1, 0.15) is 25.5 Å². The van der Waals surface area contributed by atoms with E-state index in [1.54, 1.807) is 6.92 Å². The number of aliphatic hydroxyl groups is 2. The van der Waals surface area contributed by atoms with E-state index in [2.05, 4.69) is 41.4 Å². The molecule has 0 aliphatic heterocycles. The highest BCUT2D eigenvalue weighted by atomic mass is 16.5. The van der Waals surface area contributed by atoms with Gasteiger partial charge in [0.2, 0.25) is 29.5 Å².